The summed E-state index contributed by atoms with van der Waals surface area (Å²) in [5.74, 6) is 0. The predicted octanol–water partition coefficient (Wildman–Crippen LogP) is 4.13. The van der Waals surface area contributed by atoms with Crippen LogP contribution in [0.25, 0.3) is 0 Å². The van der Waals surface area contributed by atoms with Crippen LogP contribution < -0.4 is 0 Å². The van der Waals surface area contributed by atoms with Crippen LogP contribution in [0.1, 0.15) is 0 Å². The average Bonchev–Trinajstić information content (AvgIpc) is 3.70. The van der Waals surface area contributed by atoms with Crippen molar-refractivity contribution in [1.82, 2.24) is 0 Å². The van der Waals surface area contributed by atoms with Crippen molar-refractivity contribution in [2.75, 3.05) is 79.3 Å². The van der Waals surface area contributed by atoms with E-state index in [4.69, 9.17) is 37.9 Å². The first kappa shape index (κ1) is 32.0. The molecule has 0 radical (unpaired) electrons. The summed E-state index contributed by atoms with van der Waals surface area (Å²) in [6.45, 7) is 21.2. The standard InChI is InChI=1S/C28H56O8Si4/c1-37(9-5-29-13-25-17-33-25)21-38(2,10-6-30-14-26-18-34-26)23-40(4,12-8-32-16-28-20-36-28)24-39(3,22-37)11-7-31-15-27-19-35-27/h25-28H,5-24H2,1-4H3. The van der Waals surface area contributed by atoms with Gasteiger partial charge in [-0.05, 0) is 24.2 Å². The Balaban J connectivity index is 1.26. The molecule has 0 spiro atoms. The van der Waals surface area contributed by atoms with Gasteiger partial charge in [-0.3, -0.25) is 0 Å². The lowest BCUT2D eigenvalue weighted by Crippen LogP contribution is -2.60. The highest BCUT2D eigenvalue weighted by molar-refractivity contribution is 7.13. The Kier molecular flexibility index (Phi) is 11.3. The van der Waals surface area contributed by atoms with Crippen molar-refractivity contribution >= 4 is 32.3 Å². The maximum absolute atomic E-state index is 6.17. The highest BCUT2D eigenvalue weighted by Crippen LogP contribution is 2.46. The zero-order chi connectivity index (χ0) is 28.1. The van der Waals surface area contributed by atoms with Gasteiger partial charge in [-0.25, -0.2) is 0 Å². The summed E-state index contributed by atoms with van der Waals surface area (Å²) in [5.41, 5.74) is 6.08. The molecular weight excluding hydrogens is 577 g/mol. The highest BCUT2D eigenvalue weighted by atomic mass is 28.5. The minimum atomic E-state index is -1.52. The molecule has 4 atom stereocenters. The van der Waals surface area contributed by atoms with E-state index in [0.29, 0.717) is 24.4 Å². The van der Waals surface area contributed by atoms with Gasteiger partial charge in [-0.1, -0.05) is 48.9 Å². The van der Waals surface area contributed by atoms with Crippen LogP contribution in [0.15, 0.2) is 0 Å². The third-order valence-electron chi connectivity index (χ3n) is 9.64. The molecule has 40 heavy (non-hydrogen) atoms. The molecule has 0 aliphatic carbocycles. The van der Waals surface area contributed by atoms with E-state index in [-0.39, 0.29) is 0 Å². The van der Waals surface area contributed by atoms with Gasteiger partial charge in [0.15, 0.2) is 0 Å². The van der Waals surface area contributed by atoms with Crippen molar-refractivity contribution in [3.63, 3.8) is 0 Å². The maximum Gasteiger partial charge on any atom is 0.104 e. The van der Waals surface area contributed by atoms with Crippen molar-refractivity contribution < 1.29 is 37.9 Å². The van der Waals surface area contributed by atoms with Gasteiger partial charge in [0, 0.05) is 58.7 Å². The monoisotopic (exact) mass is 632 g/mol. The van der Waals surface area contributed by atoms with E-state index in [9.17, 15) is 0 Å². The summed E-state index contributed by atoms with van der Waals surface area (Å²) in [6, 6.07) is 5.17. The molecule has 0 N–H and O–H groups in total. The van der Waals surface area contributed by atoms with Gasteiger partial charge in [0.2, 0.25) is 0 Å². The molecule has 0 aromatic rings. The first-order valence-corrected chi connectivity index (χ1v) is 28.4. The Bertz CT molecular complexity index is 654. The lowest BCUT2D eigenvalue weighted by molar-refractivity contribution is 0.126. The van der Waals surface area contributed by atoms with E-state index in [2.05, 4.69) is 26.2 Å². The van der Waals surface area contributed by atoms with Crippen LogP contribution in [-0.2, 0) is 37.9 Å². The van der Waals surface area contributed by atoms with E-state index in [1.807, 2.05) is 0 Å². The van der Waals surface area contributed by atoms with E-state index in [1.165, 1.54) is 46.8 Å². The van der Waals surface area contributed by atoms with Gasteiger partial charge >= 0.3 is 0 Å². The molecule has 5 rings (SSSR count). The van der Waals surface area contributed by atoms with Gasteiger partial charge in [0.05, 0.1) is 52.9 Å². The molecule has 5 aliphatic heterocycles. The third-order valence-corrected chi connectivity index (χ3v) is 42.6. The second-order valence-corrected chi connectivity index (χ2v) is 37.2. The minimum absolute atomic E-state index is 0.353. The van der Waals surface area contributed by atoms with E-state index in [1.54, 1.807) is 0 Å². The number of rotatable bonds is 20. The third kappa shape index (κ3) is 11.6. The van der Waals surface area contributed by atoms with Crippen LogP contribution in [0.2, 0.25) is 73.0 Å². The van der Waals surface area contributed by atoms with Gasteiger partial charge in [-0.15, -0.1) is 0 Å². The van der Waals surface area contributed by atoms with Gasteiger partial charge in [0.25, 0.3) is 0 Å². The van der Waals surface area contributed by atoms with Crippen LogP contribution >= 0.6 is 0 Å². The summed E-state index contributed by atoms with van der Waals surface area (Å²) in [6.07, 6.45) is 1.41. The summed E-state index contributed by atoms with van der Waals surface area (Å²) in [5, 5.41) is 0. The first-order chi connectivity index (χ1) is 19.1. The Morgan fingerprint density at radius 2 is 0.625 bits per heavy atom. The normalized spacial score (nSPS) is 42.3. The summed E-state index contributed by atoms with van der Waals surface area (Å²) in [4.78, 5) is 0. The number of ether oxygens (including phenoxy) is 8. The molecule has 0 bridgehead atoms. The number of epoxide rings is 4. The molecule has 5 heterocycles. The fraction of sp³-hybridized carbons (Fsp3) is 1.00. The number of hydrogen-bond acceptors (Lipinski definition) is 8. The predicted molar refractivity (Wildman–Crippen MR) is 167 cm³/mol. The van der Waals surface area contributed by atoms with Crippen LogP contribution in [0.5, 0.6) is 0 Å². The van der Waals surface area contributed by atoms with E-state index < -0.39 is 32.3 Å². The second-order valence-electron chi connectivity index (χ2n) is 15.1. The molecule has 0 aromatic heterocycles. The molecule has 5 fully saturated rings. The van der Waals surface area contributed by atoms with Crippen LogP contribution in [0, 0.1) is 0 Å². The van der Waals surface area contributed by atoms with Gasteiger partial charge in [-0.2, -0.15) is 0 Å². The van der Waals surface area contributed by atoms with E-state index in [0.717, 1.165) is 79.3 Å². The largest absolute Gasteiger partial charge is 0.379 e. The second kappa shape index (κ2) is 14.1. The molecule has 0 amide bonds. The van der Waals surface area contributed by atoms with Gasteiger partial charge < -0.3 is 37.9 Å². The van der Waals surface area contributed by atoms with Crippen molar-refractivity contribution in [2.45, 2.75) is 97.4 Å². The average molecular weight is 633 g/mol. The van der Waals surface area contributed by atoms with E-state index >= 15 is 0 Å². The first-order valence-electron chi connectivity index (χ1n) is 15.9. The summed E-state index contributed by atoms with van der Waals surface area (Å²) < 4.78 is 46.3. The minimum Gasteiger partial charge on any atom is -0.379 e. The van der Waals surface area contributed by atoms with Crippen molar-refractivity contribution in [2.24, 2.45) is 0 Å². The molecule has 0 aromatic carbocycles. The molecule has 0 saturated carbocycles. The molecule has 4 unspecified atom stereocenters. The van der Waals surface area contributed by atoms with Crippen molar-refractivity contribution in [1.29, 1.82) is 0 Å². The van der Waals surface area contributed by atoms with Crippen molar-refractivity contribution in [3.05, 3.63) is 0 Å². The Morgan fingerprint density at radius 3 is 0.800 bits per heavy atom. The van der Waals surface area contributed by atoms with Gasteiger partial charge in [0.1, 0.15) is 24.4 Å². The molecule has 8 nitrogen and oxygen atoms in total. The summed E-state index contributed by atoms with van der Waals surface area (Å²) >= 11 is 0. The Labute approximate surface area is 246 Å². The lowest BCUT2D eigenvalue weighted by Gasteiger charge is -2.51. The molecule has 232 valence electrons. The Hall–Kier alpha value is 0.548. The van der Waals surface area contributed by atoms with Crippen LogP contribution in [-0.4, -0.2) is 136 Å². The topological polar surface area (TPSA) is 87.0 Å². The molecule has 5 saturated heterocycles. The summed E-state index contributed by atoms with van der Waals surface area (Å²) in [7, 11) is -6.07. The molecular formula is C28H56O8Si4. The smallest absolute Gasteiger partial charge is 0.104 e. The fourth-order valence-electron chi connectivity index (χ4n) is 7.87. The zero-order valence-corrected chi connectivity index (χ0v) is 29.7. The fourth-order valence-corrected chi connectivity index (χ4v) is 55.5. The SMILES string of the molecule is C[Si]1(CCOCC2CO2)C[Si](C)(CCOCC2CO2)C[Si](C)(CCOCC2CO2)C[Si](C)(CCOCC2CO2)C1. The maximum atomic E-state index is 6.17. The molecule has 5 aliphatic rings. The zero-order valence-electron chi connectivity index (χ0n) is 25.7. The number of hydrogen-bond donors (Lipinski definition) is 0. The van der Waals surface area contributed by atoms with Crippen molar-refractivity contribution in [3.8, 4) is 0 Å². The van der Waals surface area contributed by atoms with Crippen LogP contribution in [0.4, 0.5) is 0 Å². The quantitative estimate of drug-likeness (QED) is 0.113. The van der Waals surface area contributed by atoms with Crippen LogP contribution in [0.3, 0.4) is 0 Å². The highest BCUT2D eigenvalue weighted by Gasteiger charge is 2.51. The molecule has 12 heteroatoms. The lowest BCUT2D eigenvalue weighted by atomic mass is 10.5. The Morgan fingerprint density at radius 1 is 0.425 bits per heavy atom.